The molecule has 0 aliphatic rings. The Labute approximate surface area is 245 Å². The van der Waals surface area contributed by atoms with Crippen LogP contribution in [0.15, 0.2) is 69.9 Å². The molecular weight excluding hydrogens is 512 g/mol. The zero-order valence-electron chi connectivity index (χ0n) is 26.3. The van der Waals surface area contributed by atoms with Crippen LogP contribution < -0.4 is 16.1 Å². The molecule has 0 aliphatic carbocycles. The van der Waals surface area contributed by atoms with Crippen molar-refractivity contribution >= 4 is 23.2 Å². The molecule has 41 heavy (non-hydrogen) atoms. The first-order chi connectivity index (χ1) is 18.7. The number of hydrogen-bond donors (Lipinski definition) is 2. The van der Waals surface area contributed by atoms with Crippen molar-refractivity contribution in [3.8, 4) is 0 Å². The number of anilines is 2. The normalized spacial score (nSPS) is 12.6. The topological polar surface area (TPSA) is 88.4 Å². The van der Waals surface area contributed by atoms with Crippen LogP contribution in [0.1, 0.15) is 114 Å². The van der Waals surface area contributed by atoms with E-state index in [0.717, 1.165) is 25.0 Å². The Hall–Kier alpha value is -3.67. The summed E-state index contributed by atoms with van der Waals surface area (Å²) >= 11 is 0. The number of hydrogen-bond acceptors (Lipinski definition) is 4. The lowest BCUT2D eigenvalue weighted by Crippen LogP contribution is -2.24. The molecule has 0 radical (unpaired) electrons. The number of carbonyl (C=O) groups is 2. The van der Waals surface area contributed by atoms with E-state index in [0.29, 0.717) is 11.4 Å². The van der Waals surface area contributed by atoms with E-state index in [1.54, 1.807) is 0 Å². The molecule has 220 valence electrons. The molecule has 1 aromatic heterocycles. The van der Waals surface area contributed by atoms with Gasteiger partial charge in [0.2, 0.25) is 0 Å². The lowest BCUT2D eigenvalue weighted by molar-refractivity contribution is 0.0967. The van der Waals surface area contributed by atoms with Gasteiger partial charge in [0.25, 0.3) is 11.8 Å². The van der Waals surface area contributed by atoms with Gasteiger partial charge in [0, 0.05) is 23.5 Å². The smallest absolute Gasteiger partial charge is 0.291 e. The molecule has 2 aromatic carbocycles. The quantitative estimate of drug-likeness (QED) is 0.290. The Morgan fingerprint density at radius 3 is 1.20 bits per heavy atom. The van der Waals surface area contributed by atoms with Gasteiger partial charge in [-0.1, -0.05) is 93.5 Å². The number of nitrogens with one attached hydrogen (secondary N) is 2. The fourth-order valence-corrected chi connectivity index (χ4v) is 5.95. The van der Waals surface area contributed by atoms with Crippen molar-refractivity contribution in [3.63, 3.8) is 0 Å². The minimum absolute atomic E-state index is 0.0295. The van der Waals surface area contributed by atoms with E-state index in [4.69, 9.17) is 4.42 Å². The van der Waals surface area contributed by atoms with E-state index in [1.165, 1.54) is 11.1 Å². The van der Waals surface area contributed by atoms with Crippen LogP contribution in [0.3, 0.4) is 0 Å². The van der Waals surface area contributed by atoms with Crippen LogP contribution in [0, 0.1) is 10.8 Å². The maximum Gasteiger partial charge on any atom is 0.291 e. The van der Waals surface area contributed by atoms with Crippen LogP contribution in [-0.2, 0) is 10.8 Å². The molecule has 6 nitrogen and oxygen atoms in total. The highest BCUT2D eigenvalue weighted by Gasteiger charge is 2.28. The lowest BCUT2D eigenvalue weighted by Gasteiger charge is -2.33. The first kappa shape index (κ1) is 31.9. The molecule has 0 saturated heterocycles. The molecule has 0 spiro atoms. The van der Waals surface area contributed by atoms with E-state index >= 15 is 0 Å². The monoisotopic (exact) mass is 558 g/mol. The Balaban J connectivity index is 1.71. The summed E-state index contributed by atoms with van der Waals surface area (Å²) < 4.78 is 5.57. The lowest BCUT2D eigenvalue weighted by atomic mass is 9.72. The third kappa shape index (κ3) is 9.17. The van der Waals surface area contributed by atoms with Gasteiger partial charge in [-0.05, 0) is 69.9 Å². The second-order valence-corrected chi connectivity index (χ2v) is 14.8. The molecule has 2 amide bonds. The maximum absolute atomic E-state index is 12.9. The zero-order valence-corrected chi connectivity index (χ0v) is 26.3. The summed E-state index contributed by atoms with van der Waals surface area (Å²) in [7, 11) is 0. The molecule has 3 rings (SSSR count). The van der Waals surface area contributed by atoms with Gasteiger partial charge in [-0.25, -0.2) is 0 Å². The van der Waals surface area contributed by atoms with Gasteiger partial charge < -0.3 is 15.1 Å². The summed E-state index contributed by atoms with van der Waals surface area (Å²) in [5, 5.41) is 5.52. The number of benzene rings is 2. The van der Waals surface area contributed by atoms with Crippen molar-refractivity contribution in [1.82, 2.24) is 0 Å². The van der Waals surface area contributed by atoms with Gasteiger partial charge >= 0.3 is 0 Å². The molecule has 0 aliphatic heterocycles. The van der Waals surface area contributed by atoms with E-state index in [-0.39, 0.29) is 33.2 Å². The minimum Gasteiger partial charge on any atom is -0.445 e. The molecule has 0 bridgehead atoms. The van der Waals surface area contributed by atoms with Crippen molar-refractivity contribution in [1.29, 1.82) is 0 Å². The first-order valence-corrected chi connectivity index (χ1v) is 14.2. The van der Waals surface area contributed by atoms with Gasteiger partial charge in [0.15, 0.2) is 16.9 Å². The predicted molar refractivity (Wildman–Crippen MR) is 168 cm³/mol. The van der Waals surface area contributed by atoms with Crippen molar-refractivity contribution in [2.24, 2.45) is 10.8 Å². The van der Waals surface area contributed by atoms with E-state index < -0.39 is 17.2 Å². The highest BCUT2D eigenvalue weighted by molar-refractivity contribution is 6.04. The zero-order chi connectivity index (χ0) is 30.8. The summed E-state index contributed by atoms with van der Waals surface area (Å²) in [6.45, 7) is 22.1. The molecule has 0 atom stereocenters. The second kappa shape index (κ2) is 11.7. The van der Waals surface area contributed by atoms with Crippen LogP contribution in [0.2, 0.25) is 0 Å². The summed E-state index contributed by atoms with van der Waals surface area (Å²) in [5.74, 6) is -1.69. The van der Waals surface area contributed by atoms with Crippen LogP contribution in [0.4, 0.5) is 11.4 Å². The molecule has 6 heteroatoms. The third-order valence-electron chi connectivity index (χ3n) is 7.01. The number of amides is 2. The third-order valence-corrected chi connectivity index (χ3v) is 7.01. The summed E-state index contributed by atoms with van der Waals surface area (Å²) in [6, 6.07) is 17.5. The second-order valence-electron chi connectivity index (χ2n) is 14.8. The number of rotatable bonds is 8. The van der Waals surface area contributed by atoms with Gasteiger partial charge in [-0.2, -0.15) is 0 Å². The van der Waals surface area contributed by atoms with Gasteiger partial charge in [0.1, 0.15) is 0 Å². The molecule has 0 fully saturated rings. The van der Waals surface area contributed by atoms with E-state index in [2.05, 4.69) is 79.9 Å². The average Bonchev–Trinajstić information content (AvgIpc) is 2.81. The van der Waals surface area contributed by atoms with Gasteiger partial charge in [-0.3, -0.25) is 14.4 Å². The van der Waals surface area contributed by atoms with E-state index in [9.17, 15) is 14.4 Å². The molecule has 3 aromatic rings. The molecule has 0 unspecified atom stereocenters. The molecular formula is C35H46N2O4. The van der Waals surface area contributed by atoms with Gasteiger partial charge in [0.05, 0.1) is 0 Å². The summed E-state index contributed by atoms with van der Waals surface area (Å²) in [6.07, 6.45) is 2.01. The predicted octanol–water partition coefficient (Wildman–Crippen LogP) is 8.57. The van der Waals surface area contributed by atoms with Crippen molar-refractivity contribution in [2.75, 3.05) is 10.6 Å². The first-order valence-electron chi connectivity index (χ1n) is 14.2. The van der Waals surface area contributed by atoms with Crippen LogP contribution in [0.5, 0.6) is 0 Å². The van der Waals surface area contributed by atoms with Gasteiger partial charge in [-0.15, -0.1) is 0 Å². The molecule has 2 N–H and O–H groups in total. The molecule has 1 heterocycles. The SMILES string of the molecule is CC(C)(C)CC(C)(C)c1ccc(NC(=O)c2cc(=O)cc(C(=O)Nc3ccc(C(C)(C)CC(C)(C)C)cc3)o2)cc1. The van der Waals surface area contributed by atoms with Crippen LogP contribution >= 0.6 is 0 Å². The van der Waals surface area contributed by atoms with Crippen LogP contribution in [0.25, 0.3) is 0 Å². The fourth-order valence-electron chi connectivity index (χ4n) is 5.95. The maximum atomic E-state index is 12.9. The average molecular weight is 559 g/mol. The Kier molecular flexibility index (Phi) is 9.07. The Morgan fingerprint density at radius 2 is 0.902 bits per heavy atom. The molecule has 0 saturated carbocycles. The van der Waals surface area contributed by atoms with Crippen LogP contribution in [-0.4, -0.2) is 11.8 Å². The Morgan fingerprint density at radius 1 is 0.585 bits per heavy atom. The Bertz CT molecular complexity index is 1320. The highest BCUT2D eigenvalue weighted by Crippen LogP contribution is 2.37. The largest absolute Gasteiger partial charge is 0.445 e. The minimum atomic E-state index is -0.608. The van der Waals surface area contributed by atoms with Crippen molar-refractivity contribution in [2.45, 2.75) is 92.9 Å². The summed E-state index contributed by atoms with van der Waals surface area (Å²) in [4.78, 5) is 38.2. The van der Waals surface area contributed by atoms with E-state index in [1.807, 2.05) is 48.5 Å². The standard InChI is InChI=1S/C35H46N2O4/c1-32(2,3)21-34(7,8)23-11-15-25(16-12-23)36-30(39)28-19-27(38)20-29(41-28)31(40)37-26-17-13-24(14-18-26)35(9,10)22-33(4,5)6/h11-20H,21-22H2,1-10H3,(H,36,39)(H,37,40). The summed E-state index contributed by atoms with van der Waals surface area (Å²) in [5.41, 5.74) is 3.27. The fraction of sp³-hybridized carbons (Fsp3) is 0.457. The van der Waals surface area contributed by atoms with Crippen molar-refractivity contribution in [3.05, 3.63) is 93.5 Å². The highest BCUT2D eigenvalue weighted by atomic mass is 16.4. The number of carbonyl (C=O) groups excluding carboxylic acids is 2. The van der Waals surface area contributed by atoms with Crippen molar-refractivity contribution < 1.29 is 14.0 Å².